The van der Waals surface area contributed by atoms with Crippen molar-refractivity contribution in [2.45, 2.75) is 23.7 Å². The Morgan fingerprint density at radius 1 is 0.714 bits per heavy atom. The Hall–Kier alpha value is -2.90. The van der Waals surface area contributed by atoms with Crippen LogP contribution in [0.25, 0.3) is 0 Å². The fourth-order valence-corrected chi connectivity index (χ4v) is 4.73. The Morgan fingerprint density at radius 3 is 1.54 bits per heavy atom. The summed E-state index contributed by atoms with van der Waals surface area (Å²) in [6, 6.07) is 21.7. The van der Waals surface area contributed by atoms with Crippen molar-refractivity contribution in [1.29, 1.82) is 0 Å². The summed E-state index contributed by atoms with van der Waals surface area (Å²) in [5.74, 6) is 0. The summed E-state index contributed by atoms with van der Waals surface area (Å²) in [6.07, 6.45) is 22.1. The van der Waals surface area contributed by atoms with E-state index in [2.05, 4.69) is 115 Å². The molecule has 0 saturated heterocycles. The lowest BCUT2D eigenvalue weighted by atomic mass is 9.57. The first-order valence-electron chi connectivity index (χ1n) is 10.0. The average molecular weight is 366 g/mol. The third kappa shape index (κ3) is 3.12. The molecule has 1 nitrogen and oxygen atoms in total. The Kier molecular flexibility index (Phi) is 5.27. The molecular weight excluding hydrogens is 338 g/mol. The van der Waals surface area contributed by atoms with E-state index in [9.17, 15) is 0 Å². The summed E-state index contributed by atoms with van der Waals surface area (Å²) in [6.45, 7) is 0.521. The molecule has 28 heavy (non-hydrogen) atoms. The Labute approximate surface area is 168 Å². The largest absolute Gasteiger partial charge is 0.327 e. The summed E-state index contributed by atoms with van der Waals surface area (Å²) in [5, 5.41) is 0. The lowest BCUT2D eigenvalue weighted by molar-refractivity contribution is 0.498. The number of hydrogen-bond donors (Lipinski definition) is 1. The van der Waals surface area contributed by atoms with Crippen molar-refractivity contribution in [3.63, 3.8) is 0 Å². The predicted octanol–water partition coefficient (Wildman–Crippen LogP) is 5.78. The molecule has 0 bridgehead atoms. The molecule has 0 heterocycles. The van der Waals surface area contributed by atoms with Crippen molar-refractivity contribution in [2.75, 3.05) is 6.54 Å². The van der Waals surface area contributed by atoms with Gasteiger partial charge in [0.2, 0.25) is 0 Å². The van der Waals surface area contributed by atoms with Gasteiger partial charge in [-0.2, -0.15) is 0 Å². The van der Waals surface area contributed by atoms with Gasteiger partial charge in [0.25, 0.3) is 0 Å². The molecule has 2 aromatic carbocycles. The molecule has 4 rings (SSSR count). The minimum absolute atomic E-state index is 0.208. The molecule has 2 aliphatic carbocycles. The van der Waals surface area contributed by atoms with E-state index >= 15 is 0 Å². The summed E-state index contributed by atoms with van der Waals surface area (Å²) < 4.78 is 0. The first-order chi connectivity index (χ1) is 13.8. The minimum atomic E-state index is -0.208. The first-order valence-corrected chi connectivity index (χ1v) is 10.0. The van der Waals surface area contributed by atoms with Crippen LogP contribution in [0.3, 0.4) is 0 Å². The van der Waals surface area contributed by atoms with E-state index in [1.54, 1.807) is 0 Å². The van der Waals surface area contributed by atoms with Crippen molar-refractivity contribution in [1.82, 2.24) is 0 Å². The van der Waals surface area contributed by atoms with Crippen LogP contribution in [0.5, 0.6) is 0 Å². The third-order valence-corrected chi connectivity index (χ3v) is 6.00. The van der Waals surface area contributed by atoms with Crippen LogP contribution >= 0.6 is 0 Å². The predicted molar refractivity (Wildman–Crippen MR) is 119 cm³/mol. The molecule has 1 heteroatoms. The number of nitrogens with two attached hydrogens (primary N) is 1. The van der Waals surface area contributed by atoms with Gasteiger partial charge in [0.05, 0.1) is 0 Å². The normalized spacial score (nSPS) is 25.6. The highest BCUT2D eigenvalue weighted by molar-refractivity contribution is 5.56. The zero-order valence-electron chi connectivity index (χ0n) is 16.2. The first kappa shape index (κ1) is 18.5. The fourth-order valence-electron chi connectivity index (χ4n) is 4.73. The highest BCUT2D eigenvalue weighted by Gasteiger charge is 2.45. The average Bonchev–Trinajstić information content (AvgIpc) is 2.79. The maximum absolute atomic E-state index is 6.16. The van der Waals surface area contributed by atoms with Crippen LogP contribution in [0.1, 0.15) is 24.0 Å². The van der Waals surface area contributed by atoms with Gasteiger partial charge in [-0.1, -0.05) is 115 Å². The summed E-state index contributed by atoms with van der Waals surface area (Å²) in [7, 11) is 0. The SMILES string of the molecule is NCC=C(C1(c2ccccc2)C=CC=CC1)C1(c2ccccc2)C=CC=CC1. The molecule has 0 spiro atoms. The van der Waals surface area contributed by atoms with Crippen LogP contribution in [0, 0.1) is 0 Å². The van der Waals surface area contributed by atoms with Crippen molar-refractivity contribution >= 4 is 0 Å². The van der Waals surface area contributed by atoms with Crippen LogP contribution in [-0.2, 0) is 10.8 Å². The molecule has 2 aromatic rings. The van der Waals surface area contributed by atoms with Crippen LogP contribution < -0.4 is 5.73 Å². The van der Waals surface area contributed by atoms with Gasteiger partial charge in [-0.05, 0) is 29.5 Å². The van der Waals surface area contributed by atoms with Crippen LogP contribution in [0.4, 0.5) is 0 Å². The molecule has 0 saturated carbocycles. The van der Waals surface area contributed by atoms with Crippen LogP contribution in [-0.4, -0.2) is 6.54 Å². The second-order valence-electron chi connectivity index (χ2n) is 7.51. The number of benzene rings is 2. The molecule has 0 aliphatic heterocycles. The Bertz CT molecular complexity index is 871. The molecule has 0 fully saturated rings. The lowest BCUT2D eigenvalue weighted by Gasteiger charge is -2.46. The van der Waals surface area contributed by atoms with E-state index in [1.165, 1.54) is 16.7 Å². The lowest BCUT2D eigenvalue weighted by Crippen LogP contribution is -2.40. The third-order valence-electron chi connectivity index (χ3n) is 6.00. The topological polar surface area (TPSA) is 26.0 Å². The van der Waals surface area contributed by atoms with Gasteiger partial charge in [-0.15, -0.1) is 0 Å². The molecule has 0 aromatic heterocycles. The zero-order valence-corrected chi connectivity index (χ0v) is 16.2. The van der Waals surface area contributed by atoms with Gasteiger partial charge < -0.3 is 5.73 Å². The molecule has 140 valence electrons. The standard InChI is InChI=1S/C27H27N/c28-22-17-25(26(18-9-3-10-19-26)23-13-5-1-6-14-23)27(20-11-4-12-21-27)24-15-7-2-8-16-24/h1-18,20H,19,21-22,28H2. The molecule has 2 aliphatic rings. The smallest absolute Gasteiger partial charge is 0.0391 e. The van der Waals surface area contributed by atoms with Crippen molar-refractivity contribution < 1.29 is 0 Å². The van der Waals surface area contributed by atoms with Gasteiger partial charge in [0, 0.05) is 17.4 Å². The zero-order chi connectivity index (χ0) is 19.3. The van der Waals surface area contributed by atoms with Gasteiger partial charge >= 0.3 is 0 Å². The molecule has 0 amide bonds. The van der Waals surface area contributed by atoms with E-state index in [0.717, 1.165) is 12.8 Å². The van der Waals surface area contributed by atoms with Gasteiger partial charge in [0.15, 0.2) is 0 Å². The van der Waals surface area contributed by atoms with Gasteiger partial charge in [-0.25, -0.2) is 0 Å². The minimum Gasteiger partial charge on any atom is -0.327 e. The molecule has 2 unspecified atom stereocenters. The van der Waals surface area contributed by atoms with Crippen molar-refractivity contribution in [3.05, 3.63) is 132 Å². The highest BCUT2D eigenvalue weighted by Crippen LogP contribution is 2.51. The monoisotopic (exact) mass is 365 g/mol. The maximum Gasteiger partial charge on any atom is 0.0391 e. The van der Waals surface area contributed by atoms with Gasteiger partial charge in [0.1, 0.15) is 0 Å². The Balaban J connectivity index is 1.97. The van der Waals surface area contributed by atoms with E-state index in [-0.39, 0.29) is 10.8 Å². The van der Waals surface area contributed by atoms with Gasteiger partial charge in [-0.3, -0.25) is 0 Å². The highest BCUT2D eigenvalue weighted by atomic mass is 14.5. The van der Waals surface area contributed by atoms with E-state index < -0.39 is 0 Å². The molecular formula is C27H27N. The molecule has 0 radical (unpaired) electrons. The number of allylic oxidation sites excluding steroid dienone is 9. The van der Waals surface area contributed by atoms with E-state index in [4.69, 9.17) is 5.73 Å². The van der Waals surface area contributed by atoms with Crippen molar-refractivity contribution in [2.24, 2.45) is 5.73 Å². The number of rotatable bonds is 5. The Morgan fingerprint density at radius 2 is 1.18 bits per heavy atom. The van der Waals surface area contributed by atoms with E-state index in [0.29, 0.717) is 6.54 Å². The second kappa shape index (κ2) is 8.00. The van der Waals surface area contributed by atoms with E-state index in [1.807, 2.05) is 0 Å². The fraction of sp³-hybridized carbons (Fsp3) is 0.185. The number of hydrogen-bond acceptors (Lipinski definition) is 1. The molecule has 2 atom stereocenters. The quantitative estimate of drug-likeness (QED) is 0.668. The van der Waals surface area contributed by atoms with Crippen LogP contribution in [0.2, 0.25) is 0 Å². The summed E-state index contributed by atoms with van der Waals surface area (Å²) in [4.78, 5) is 0. The van der Waals surface area contributed by atoms with Crippen molar-refractivity contribution in [3.8, 4) is 0 Å². The maximum atomic E-state index is 6.16. The molecule has 2 N–H and O–H groups in total. The van der Waals surface area contributed by atoms with Crippen LogP contribution in [0.15, 0.2) is 121 Å². The second-order valence-corrected chi connectivity index (χ2v) is 7.51. The summed E-state index contributed by atoms with van der Waals surface area (Å²) in [5.41, 5.74) is 9.73. The summed E-state index contributed by atoms with van der Waals surface area (Å²) >= 11 is 0.